The van der Waals surface area contributed by atoms with E-state index in [2.05, 4.69) is 20.8 Å². The van der Waals surface area contributed by atoms with Crippen LogP contribution < -0.4 is 56.5 Å². The summed E-state index contributed by atoms with van der Waals surface area (Å²) >= 11 is 0. The van der Waals surface area contributed by atoms with Crippen LogP contribution in [0.15, 0.2) is 0 Å². The Labute approximate surface area is 146 Å². The predicted molar refractivity (Wildman–Crippen MR) is 58.6 cm³/mol. The molecule has 0 aromatic heterocycles. The molecule has 2 bridgehead atoms. The van der Waals surface area contributed by atoms with Gasteiger partial charge >= 0.3 is 51.4 Å². The van der Waals surface area contributed by atoms with Crippen molar-refractivity contribution in [3.63, 3.8) is 0 Å². The van der Waals surface area contributed by atoms with Gasteiger partial charge in [0.25, 0.3) is 0 Å². The number of rotatable bonds is 3. The van der Waals surface area contributed by atoms with Gasteiger partial charge in [0.05, 0.1) is 18.2 Å². The molecule has 0 aromatic carbocycles. The summed E-state index contributed by atoms with van der Waals surface area (Å²) in [5, 5.41) is 10.7. The van der Waals surface area contributed by atoms with Gasteiger partial charge < -0.3 is 14.6 Å². The average molecular weight is 264 g/mol. The Morgan fingerprint density at radius 3 is 2.35 bits per heavy atom. The third-order valence-corrected chi connectivity index (χ3v) is 5.41. The summed E-state index contributed by atoms with van der Waals surface area (Å²) in [6.45, 7) is 8.39. The molecule has 17 heavy (non-hydrogen) atoms. The molecule has 0 aliphatic heterocycles. The van der Waals surface area contributed by atoms with Crippen LogP contribution in [-0.2, 0) is 9.53 Å². The molecule has 0 aromatic rings. The number of ether oxygens (including phenoxy) is 1. The van der Waals surface area contributed by atoms with Crippen molar-refractivity contribution in [3.8, 4) is 0 Å². The first-order chi connectivity index (χ1) is 7.29. The maximum atomic E-state index is 10.7. The summed E-state index contributed by atoms with van der Waals surface area (Å²) in [6, 6.07) is 0. The zero-order valence-corrected chi connectivity index (χ0v) is 14.7. The van der Waals surface area contributed by atoms with E-state index in [9.17, 15) is 9.90 Å². The summed E-state index contributed by atoms with van der Waals surface area (Å²) in [5.41, 5.74) is 0.394. The van der Waals surface area contributed by atoms with E-state index in [1.807, 2.05) is 0 Å². The number of hydrogen-bond acceptors (Lipinski definition) is 3. The number of carbonyl (C=O) groups excluding carboxylic acids is 1. The number of carbonyl (C=O) groups is 1. The van der Waals surface area contributed by atoms with E-state index in [1.165, 1.54) is 6.42 Å². The van der Waals surface area contributed by atoms with Crippen molar-refractivity contribution in [3.05, 3.63) is 0 Å². The summed E-state index contributed by atoms with van der Waals surface area (Å²) in [6.07, 6.45) is 2.69. The van der Waals surface area contributed by atoms with E-state index in [4.69, 9.17) is 4.74 Å². The maximum Gasteiger partial charge on any atom is 1.00 e. The van der Waals surface area contributed by atoms with Gasteiger partial charge in [-0.1, -0.05) is 20.8 Å². The van der Waals surface area contributed by atoms with E-state index < -0.39 is 12.1 Å². The van der Waals surface area contributed by atoms with Gasteiger partial charge in [-0.05, 0) is 42.9 Å². The van der Waals surface area contributed by atoms with Crippen molar-refractivity contribution in [1.82, 2.24) is 0 Å². The van der Waals surface area contributed by atoms with Gasteiger partial charge in [0.1, 0.15) is 0 Å². The van der Waals surface area contributed by atoms with Crippen molar-refractivity contribution in [2.75, 3.05) is 0 Å². The Balaban J connectivity index is 0.00000144. The quantitative estimate of drug-likeness (QED) is 0.575. The second-order valence-corrected chi connectivity index (χ2v) is 6.20. The second kappa shape index (κ2) is 5.21. The molecular formula is C13H21KO3. The molecule has 4 heteroatoms. The first kappa shape index (κ1) is 16.1. The van der Waals surface area contributed by atoms with Gasteiger partial charge in [0, 0.05) is 0 Å². The predicted octanol–water partition coefficient (Wildman–Crippen LogP) is -1.64. The molecule has 92 valence electrons. The molecule has 0 saturated heterocycles. The van der Waals surface area contributed by atoms with Crippen LogP contribution in [0.1, 0.15) is 47.0 Å². The molecular weight excluding hydrogens is 243 g/mol. The maximum absolute atomic E-state index is 10.7. The van der Waals surface area contributed by atoms with Crippen LogP contribution in [0.2, 0.25) is 0 Å². The molecule has 2 rings (SSSR count). The minimum Gasteiger partial charge on any atom is -0.547 e. The summed E-state index contributed by atoms with van der Waals surface area (Å²) in [4.78, 5) is 10.7. The van der Waals surface area contributed by atoms with Crippen molar-refractivity contribution in [1.29, 1.82) is 0 Å². The van der Waals surface area contributed by atoms with Gasteiger partial charge in [-0.15, -0.1) is 0 Å². The van der Waals surface area contributed by atoms with E-state index in [1.54, 1.807) is 6.92 Å². The third kappa shape index (κ3) is 2.41. The fraction of sp³-hybridized carbons (Fsp3) is 0.923. The first-order valence-electron chi connectivity index (χ1n) is 6.15. The molecule has 3 nitrogen and oxygen atoms in total. The normalized spacial score (nSPS) is 39.8. The first-order valence-corrected chi connectivity index (χ1v) is 6.15. The Morgan fingerprint density at radius 2 is 2.00 bits per heavy atom. The van der Waals surface area contributed by atoms with Crippen LogP contribution >= 0.6 is 0 Å². The molecule has 4 atom stereocenters. The van der Waals surface area contributed by atoms with Crippen LogP contribution in [0.3, 0.4) is 0 Å². The molecule has 0 N–H and O–H groups in total. The Hall–Kier alpha value is 1.07. The van der Waals surface area contributed by atoms with Gasteiger partial charge in [0.15, 0.2) is 0 Å². The zero-order valence-electron chi connectivity index (χ0n) is 11.6. The van der Waals surface area contributed by atoms with Gasteiger partial charge in [-0.3, -0.25) is 0 Å². The summed E-state index contributed by atoms with van der Waals surface area (Å²) in [7, 11) is 0. The van der Waals surface area contributed by atoms with Crippen molar-refractivity contribution >= 4 is 5.97 Å². The van der Waals surface area contributed by atoms with E-state index in [-0.39, 0.29) is 68.3 Å². The number of carboxylic acids is 1. The molecule has 0 spiro atoms. The van der Waals surface area contributed by atoms with Gasteiger partial charge in [0.2, 0.25) is 0 Å². The number of carboxylic acid groups (broad SMARTS) is 1. The average Bonchev–Trinajstić information content (AvgIpc) is 2.50. The Morgan fingerprint density at radius 1 is 1.41 bits per heavy atom. The standard InChI is InChI=1S/C13H22O3.K/c1-8(11(14)15)16-10-7-9-5-6-13(10,4)12(9,2)3;/h8-10H,5-7H2,1-4H3,(H,14,15);/q;+1/p-1. The van der Waals surface area contributed by atoms with Crippen molar-refractivity contribution in [2.24, 2.45) is 16.7 Å². The molecule has 0 heterocycles. The van der Waals surface area contributed by atoms with Crippen LogP contribution in [0.4, 0.5) is 0 Å². The summed E-state index contributed by atoms with van der Waals surface area (Å²) in [5.74, 6) is -0.430. The number of hydrogen-bond donors (Lipinski definition) is 0. The van der Waals surface area contributed by atoms with Crippen LogP contribution in [0, 0.1) is 16.7 Å². The Kier molecular flexibility index (Phi) is 4.94. The van der Waals surface area contributed by atoms with Crippen LogP contribution in [-0.4, -0.2) is 18.2 Å². The monoisotopic (exact) mass is 264 g/mol. The van der Waals surface area contributed by atoms with Gasteiger partial charge in [-0.25, -0.2) is 0 Å². The van der Waals surface area contributed by atoms with Crippen molar-refractivity contribution < 1.29 is 66.0 Å². The topological polar surface area (TPSA) is 49.4 Å². The van der Waals surface area contributed by atoms with E-state index in [0.29, 0.717) is 5.92 Å². The fourth-order valence-corrected chi connectivity index (χ4v) is 3.64. The largest absolute Gasteiger partial charge is 1.00 e. The third-order valence-electron chi connectivity index (χ3n) is 5.41. The fourth-order valence-electron chi connectivity index (χ4n) is 3.64. The van der Waals surface area contributed by atoms with Crippen LogP contribution in [0.25, 0.3) is 0 Å². The molecule has 0 radical (unpaired) electrons. The smallest absolute Gasteiger partial charge is 0.547 e. The molecule has 4 unspecified atom stereocenters. The molecule has 2 aliphatic rings. The molecule has 2 saturated carbocycles. The minimum absolute atomic E-state index is 0. The molecule has 2 fully saturated rings. The Bertz CT molecular complexity index is 316. The van der Waals surface area contributed by atoms with Crippen LogP contribution in [0.5, 0.6) is 0 Å². The van der Waals surface area contributed by atoms with Crippen molar-refractivity contribution in [2.45, 2.75) is 59.2 Å². The van der Waals surface area contributed by atoms with Gasteiger partial charge in [-0.2, -0.15) is 0 Å². The molecule has 2 aliphatic carbocycles. The second-order valence-electron chi connectivity index (χ2n) is 6.20. The SMILES string of the molecule is CC(OC1CC2CCC1(C)C2(C)C)C(=O)[O-].[K+]. The number of fused-ring (bicyclic) bond motifs is 2. The summed E-state index contributed by atoms with van der Waals surface area (Å²) < 4.78 is 5.68. The number of aliphatic carboxylic acids is 1. The zero-order chi connectivity index (χ0) is 12.1. The van der Waals surface area contributed by atoms with E-state index in [0.717, 1.165) is 12.8 Å². The molecule has 0 amide bonds. The van der Waals surface area contributed by atoms with E-state index >= 15 is 0 Å². The minimum atomic E-state index is -1.11.